The Hall–Kier alpha value is -2.07. The van der Waals surface area contributed by atoms with Crippen molar-refractivity contribution in [1.29, 1.82) is 0 Å². The molecule has 8 unspecified atom stereocenters. The van der Waals surface area contributed by atoms with Gasteiger partial charge in [0.2, 0.25) is 5.91 Å². The van der Waals surface area contributed by atoms with Crippen molar-refractivity contribution in [1.82, 2.24) is 10.3 Å². The van der Waals surface area contributed by atoms with Crippen molar-refractivity contribution < 1.29 is 33.7 Å². The summed E-state index contributed by atoms with van der Waals surface area (Å²) in [7, 11) is 0. The van der Waals surface area contributed by atoms with Crippen LogP contribution in [0.1, 0.15) is 91.1 Å². The fraction of sp³-hybridized carbons (Fsp3) is 0.767. The van der Waals surface area contributed by atoms with Gasteiger partial charge in [-0.2, -0.15) is 0 Å². The Bertz CT molecular complexity index is 1060. The predicted octanol–water partition coefficient (Wildman–Crippen LogP) is 3.74. The Morgan fingerprint density at radius 1 is 1.23 bits per heavy atom. The molecule has 0 radical (unpaired) electrons. The van der Waals surface area contributed by atoms with Gasteiger partial charge in [0.05, 0.1) is 54.5 Å². The van der Waals surface area contributed by atoms with Crippen LogP contribution in [0.5, 0.6) is 0 Å². The molecule has 3 N–H and O–H groups in total. The number of epoxide rings is 2. The molecule has 3 aliphatic rings. The molecule has 0 aliphatic carbocycles. The summed E-state index contributed by atoms with van der Waals surface area (Å²) in [6.07, 6.45) is 5.56. The molecule has 3 saturated heterocycles. The molecule has 218 valence electrons. The number of Topliss-reactive ketones (excluding diaryl/α,β-unsaturated/α-hetero) is 1. The number of hydrogen-bond donors (Lipinski definition) is 3. The molecule has 1 aromatic heterocycles. The number of ether oxygens (including phenoxy) is 2. The topological polar surface area (TPSA) is 138 Å². The number of amides is 1. The van der Waals surface area contributed by atoms with Crippen LogP contribution in [0.15, 0.2) is 16.3 Å². The minimum Gasteiger partial charge on any atom is -0.449 e. The molecule has 4 rings (SSSR count). The highest BCUT2D eigenvalue weighted by molar-refractivity contribution is 5.88. The van der Waals surface area contributed by atoms with Crippen molar-refractivity contribution in [3.63, 3.8) is 0 Å². The molecular formula is C30H46N2O7. The molecule has 0 aromatic carbocycles. The lowest BCUT2D eigenvalue weighted by atomic mass is 9.70. The summed E-state index contributed by atoms with van der Waals surface area (Å²) in [5, 5.41) is 25.5. The number of nitrogens with one attached hydrogen (secondary N) is 1. The number of aromatic nitrogens is 1. The second kappa shape index (κ2) is 11.8. The van der Waals surface area contributed by atoms with E-state index in [-0.39, 0.29) is 47.9 Å². The zero-order valence-electron chi connectivity index (χ0n) is 24.2. The van der Waals surface area contributed by atoms with Crippen molar-refractivity contribution in [2.45, 2.75) is 123 Å². The van der Waals surface area contributed by atoms with Crippen molar-refractivity contribution in [2.24, 2.45) is 17.3 Å². The highest BCUT2D eigenvalue weighted by Crippen LogP contribution is 2.44. The molecule has 1 amide bonds. The van der Waals surface area contributed by atoms with Crippen LogP contribution in [0.25, 0.3) is 6.08 Å². The number of aliphatic hydroxyl groups excluding tert-OH is 2. The van der Waals surface area contributed by atoms with Crippen molar-refractivity contribution >= 4 is 17.8 Å². The molecule has 0 bridgehead atoms. The summed E-state index contributed by atoms with van der Waals surface area (Å²) in [5.41, 5.74) is 0.0728. The number of carbonyl (C=O) groups is 2. The first-order valence-electron chi connectivity index (χ1n) is 14.4. The van der Waals surface area contributed by atoms with E-state index in [9.17, 15) is 19.8 Å². The van der Waals surface area contributed by atoms with E-state index in [1.54, 1.807) is 27.0 Å². The number of nitrogens with zero attached hydrogens (tertiary/aromatic N) is 1. The first-order chi connectivity index (χ1) is 18.3. The molecule has 0 saturated carbocycles. The van der Waals surface area contributed by atoms with Crippen LogP contribution in [0.3, 0.4) is 0 Å². The number of aryl methyl sites for hydroxylation is 1. The number of aliphatic hydroxyl groups is 2. The van der Waals surface area contributed by atoms with Gasteiger partial charge >= 0.3 is 0 Å². The molecular weight excluding hydrogens is 500 g/mol. The lowest BCUT2D eigenvalue weighted by Gasteiger charge is -2.36. The zero-order valence-corrected chi connectivity index (χ0v) is 24.2. The standard InChI is InChI=1S/C30H46N2O7/c1-17-8-7-11-30(6)25(39-30)13-23(18(2)12-20-15-37-19(3)31-20)32-26(34)14-24(33)29(4,5)28(36)22(27(17)35)10-9-21-16-38-21/h12,15,17,21-25,27,33,35H,7-11,13-14,16H2,1-6H3,(H,32,34). The van der Waals surface area contributed by atoms with Gasteiger partial charge in [0.25, 0.3) is 0 Å². The minimum atomic E-state index is -1.21. The van der Waals surface area contributed by atoms with Gasteiger partial charge in [-0.05, 0) is 57.1 Å². The third-order valence-electron chi connectivity index (χ3n) is 9.10. The van der Waals surface area contributed by atoms with E-state index in [2.05, 4.69) is 17.2 Å². The van der Waals surface area contributed by atoms with E-state index >= 15 is 0 Å². The summed E-state index contributed by atoms with van der Waals surface area (Å²) in [5.74, 6) is -0.709. The van der Waals surface area contributed by atoms with Gasteiger partial charge in [0, 0.05) is 19.3 Å². The van der Waals surface area contributed by atoms with Crippen LogP contribution in [-0.4, -0.2) is 69.6 Å². The second-order valence-electron chi connectivity index (χ2n) is 12.8. The van der Waals surface area contributed by atoms with Crippen LogP contribution in [-0.2, 0) is 19.1 Å². The van der Waals surface area contributed by atoms with Gasteiger partial charge in [-0.1, -0.05) is 27.2 Å². The zero-order chi connectivity index (χ0) is 28.5. The van der Waals surface area contributed by atoms with E-state index in [0.29, 0.717) is 37.5 Å². The molecule has 0 spiro atoms. The average Bonchev–Trinajstić information content (AvgIpc) is 3.76. The van der Waals surface area contributed by atoms with Gasteiger partial charge in [-0.3, -0.25) is 9.59 Å². The fourth-order valence-electron chi connectivity index (χ4n) is 5.89. The molecule has 9 heteroatoms. The molecule has 8 atom stereocenters. The van der Waals surface area contributed by atoms with Crippen LogP contribution in [0.4, 0.5) is 0 Å². The monoisotopic (exact) mass is 546 g/mol. The van der Waals surface area contributed by atoms with Crippen molar-refractivity contribution in [2.75, 3.05) is 6.61 Å². The molecule has 1 aromatic rings. The number of hydrogen-bond acceptors (Lipinski definition) is 8. The van der Waals surface area contributed by atoms with E-state index in [1.807, 2.05) is 19.9 Å². The highest BCUT2D eigenvalue weighted by Gasteiger charge is 2.52. The quantitative estimate of drug-likeness (QED) is 0.475. The van der Waals surface area contributed by atoms with E-state index < -0.39 is 23.5 Å². The van der Waals surface area contributed by atoms with Gasteiger partial charge in [0.15, 0.2) is 5.89 Å². The smallest absolute Gasteiger partial charge is 0.223 e. The third-order valence-corrected chi connectivity index (χ3v) is 9.10. The van der Waals surface area contributed by atoms with E-state index in [0.717, 1.165) is 24.8 Å². The summed E-state index contributed by atoms with van der Waals surface area (Å²) in [6.45, 7) is 11.8. The fourth-order valence-corrected chi connectivity index (χ4v) is 5.89. The maximum atomic E-state index is 13.8. The van der Waals surface area contributed by atoms with Gasteiger partial charge in [-0.15, -0.1) is 0 Å². The number of carbonyl (C=O) groups excluding carboxylic acids is 2. The molecule has 39 heavy (non-hydrogen) atoms. The summed E-state index contributed by atoms with van der Waals surface area (Å²) < 4.78 is 16.8. The highest BCUT2D eigenvalue weighted by atomic mass is 16.6. The number of rotatable bonds is 5. The van der Waals surface area contributed by atoms with Crippen molar-refractivity contribution in [3.8, 4) is 0 Å². The lowest BCUT2D eigenvalue weighted by Crippen LogP contribution is -2.48. The van der Waals surface area contributed by atoms with E-state index in [4.69, 9.17) is 13.9 Å². The summed E-state index contributed by atoms with van der Waals surface area (Å²) in [6, 6.07) is -0.327. The lowest BCUT2D eigenvalue weighted by molar-refractivity contribution is -0.144. The number of ketones is 1. The summed E-state index contributed by atoms with van der Waals surface area (Å²) in [4.78, 5) is 31.4. The maximum Gasteiger partial charge on any atom is 0.223 e. The Labute approximate surface area is 231 Å². The van der Waals surface area contributed by atoms with Crippen LogP contribution >= 0.6 is 0 Å². The normalized spacial score (nSPS) is 38.2. The largest absolute Gasteiger partial charge is 0.449 e. The van der Waals surface area contributed by atoms with Gasteiger partial charge in [0.1, 0.15) is 17.7 Å². The molecule has 9 nitrogen and oxygen atoms in total. The van der Waals surface area contributed by atoms with Crippen LogP contribution in [0, 0.1) is 24.2 Å². The Morgan fingerprint density at radius 3 is 2.59 bits per heavy atom. The number of oxazole rings is 1. The van der Waals surface area contributed by atoms with Crippen molar-refractivity contribution in [3.05, 3.63) is 23.4 Å². The Balaban J connectivity index is 1.57. The minimum absolute atomic E-state index is 0.0208. The predicted molar refractivity (Wildman–Crippen MR) is 146 cm³/mol. The van der Waals surface area contributed by atoms with Gasteiger partial charge < -0.3 is 29.4 Å². The first-order valence-corrected chi connectivity index (χ1v) is 14.4. The first kappa shape index (κ1) is 29.9. The third kappa shape index (κ3) is 7.37. The Kier molecular flexibility index (Phi) is 9.05. The van der Waals surface area contributed by atoms with E-state index in [1.165, 1.54) is 0 Å². The molecule has 3 aliphatic heterocycles. The number of fused-ring (bicyclic) bond motifs is 1. The van der Waals surface area contributed by atoms with Gasteiger partial charge in [-0.25, -0.2) is 4.98 Å². The Morgan fingerprint density at radius 2 is 1.95 bits per heavy atom. The summed E-state index contributed by atoms with van der Waals surface area (Å²) >= 11 is 0. The molecule has 4 heterocycles. The second-order valence-corrected chi connectivity index (χ2v) is 12.8. The van der Waals surface area contributed by atoms with Crippen LogP contribution in [0.2, 0.25) is 0 Å². The maximum absolute atomic E-state index is 13.8. The average molecular weight is 547 g/mol. The SMILES string of the molecule is CC(=Cc1coc(C)n1)C1CC2OC2(C)CCCC(C)C(O)C(CCC2CO2)C(=O)C(C)(C)C(O)CC(=O)N1. The molecule has 3 fully saturated rings. The van der Waals surface area contributed by atoms with Crippen LogP contribution < -0.4 is 5.32 Å².